The van der Waals surface area contributed by atoms with Crippen LogP contribution in [0.15, 0.2) is 36.4 Å². The number of rotatable bonds is 4. The number of aliphatic hydroxyl groups excluding tert-OH is 1. The van der Waals surface area contributed by atoms with Crippen LogP contribution >= 0.6 is 11.3 Å². The molecule has 0 bridgehead atoms. The highest BCUT2D eigenvalue weighted by atomic mass is 32.1. The van der Waals surface area contributed by atoms with Crippen LogP contribution in [0, 0.1) is 6.92 Å². The minimum Gasteiger partial charge on any atom is -0.383 e. The molecule has 0 spiro atoms. The summed E-state index contributed by atoms with van der Waals surface area (Å²) in [5.41, 5.74) is 2.32. The van der Waals surface area contributed by atoms with Crippen molar-refractivity contribution < 1.29 is 5.11 Å². The standard InChI is InChI=1S/C15H18OS/c1-3-4-12-6-8-13(9-7-12)15(16)14-10-5-11(2)17-14/h5-10,15-16H,3-4H2,1-2H3/t15-/m0/s1. The highest BCUT2D eigenvalue weighted by Crippen LogP contribution is 2.28. The average molecular weight is 246 g/mol. The molecule has 0 radical (unpaired) electrons. The molecule has 2 heteroatoms. The second kappa shape index (κ2) is 5.48. The molecule has 1 aromatic carbocycles. The summed E-state index contributed by atoms with van der Waals surface area (Å²) in [5, 5.41) is 10.2. The molecule has 1 aromatic heterocycles. The van der Waals surface area contributed by atoms with Crippen LogP contribution in [0.25, 0.3) is 0 Å². The van der Waals surface area contributed by atoms with Gasteiger partial charge in [-0.15, -0.1) is 11.3 Å². The molecule has 2 aromatic rings. The summed E-state index contributed by atoms with van der Waals surface area (Å²) in [5.74, 6) is 0. The van der Waals surface area contributed by atoms with Crippen LogP contribution in [0.4, 0.5) is 0 Å². The van der Waals surface area contributed by atoms with Crippen molar-refractivity contribution in [3.8, 4) is 0 Å². The number of hydrogen-bond acceptors (Lipinski definition) is 2. The first-order valence-electron chi connectivity index (χ1n) is 6.04. The fourth-order valence-electron chi connectivity index (χ4n) is 1.92. The summed E-state index contributed by atoms with van der Waals surface area (Å²) in [6.07, 6.45) is 1.78. The summed E-state index contributed by atoms with van der Waals surface area (Å²) < 4.78 is 0. The van der Waals surface area contributed by atoms with Crippen LogP contribution < -0.4 is 0 Å². The van der Waals surface area contributed by atoms with E-state index >= 15 is 0 Å². The van der Waals surface area contributed by atoms with Crippen LogP contribution in [0.3, 0.4) is 0 Å². The zero-order chi connectivity index (χ0) is 12.3. The number of hydrogen-bond donors (Lipinski definition) is 1. The van der Waals surface area contributed by atoms with Gasteiger partial charge in [0.25, 0.3) is 0 Å². The Bertz CT molecular complexity index is 470. The molecule has 0 saturated heterocycles. The molecule has 0 aliphatic rings. The van der Waals surface area contributed by atoms with Crippen molar-refractivity contribution in [3.05, 3.63) is 57.3 Å². The Morgan fingerprint density at radius 3 is 2.35 bits per heavy atom. The first-order valence-corrected chi connectivity index (χ1v) is 6.85. The van der Waals surface area contributed by atoms with Gasteiger partial charge in [-0.2, -0.15) is 0 Å². The second-order valence-electron chi connectivity index (χ2n) is 4.34. The fourth-order valence-corrected chi connectivity index (χ4v) is 2.81. The van der Waals surface area contributed by atoms with Crippen molar-refractivity contribution in [1.82, 2.24) is 0 Å². The molecule has 0 saturated carbocycles. The Kier molecular flexibility index (Phi) is 3.97. The van der Waals surface area contributed by atoms with Crippen molar-refractivity contribution in [2.45, 2.75) is 32.8 Å². The lowest BCUT2D eigenvalue weighted by Crippen LogP contribution is -1.97. The molecule has 1 heterocycles. The van der Waals surface area contributed by atoms with Gasteiger partial charge in [-0.1, -0.05) is 37.6 Å². The van der Waals surface area contributed by atoms with E-state index in [-0.39, 0.29) is 0 Å². The topological polar surface area (TPSA) is 20.2 Å². The van der Waals surface area contributed by atoms with Crippen molar-refractivity contribution >= 4 is 11.3 Å². The van der Waals surface area contributed by atoms with E-state index < -0.39 is 6.10 Å². The van der Waals surface area contributed by atoms with Gasteiger partial charge in [0.1, 0.15) is 6.10 Å². The molecule has 1 nitrogen and oxygen atoms in total. The molecule has 0 unspecified atom stereocenters. The third kappa shape index (κ3) is 2.96. The Labute approximate surface area is 107 Å². The predicted molar refractivity (Wildman–Crippen MR) is 73.6 cm³/mol. The first-order chi connectivity index (χ1) is 8.20. The highest BCUT2D eigenvalue weighted by Gasteiger charge is 2.11. The van der Waals surface area contributed by atoms with E-state index in [0.717, 1.165) is 23.3 Å². The molecular formula is C15H18OS. The molecule has 90 valence electrons. The number of aryl methyl sites for hydroxylation is 2. The Hall–Kier alpha value is -1.12. The van der Waals surface area contributed by atoms with Crippen molar-refractivity contribution in [2.75, 3.05) is 0 Å². The molecule has 2 rings (SSSR count). The Balaban J connectivity index is 2.16. The normalized spacial score (nSPS) is 12.6. The van der Waals surface area contributed by atoms with Crippen LogP contribution in [0.5, 0.6) is 0 Å². The van der Waals surface area contributed by atoms with Gasteiger partial charge in [0.15, 0.2) is 0 Å². The Morgan fingerprint density at radius 2 is 1.82 bits per heavy atom. The third-order valence-corrected chi connectivity index (χ3v) is 3.92. The number of thiophene rings is 1. The second-order valence-corrected chi connectivity index (χ2v) is 5.66. The van der Waals surface area contributed by atoms with E-state index in [9.17, 15) is 5.11 Å². The van der Waals surface area contributed by atoms with Gasteiger partial charge in [0.05, 0.1) is 0 Å². The molecule has 0 aliphatic carbocycles. The van der Waals surface area contributed by atoms with Gasteiger partial charge in [-0.3, -0.25) is 0 Å². The van der Waals surface area contributed by atoms with E-state index in [1.165, 1.54) is 10.4 Å². The van der Waals surface area contributed by atoms with Crippen molar-refractivity contribution in [3.63, 3.8) is 0 Å². The first kappa shape index (κ1) is 12.3. The molecular weight excluding hydrogens is 228 g/mol. The zero-order valence-electron chi connectivity index (χ0n) is 10.3. The summed E-state index contributed by atoms with van der Waals surface area (Å²) in [6, 6.07) is 12.3. The van der Waals surface area contributed by atoms with Crippen LogP contribution in [0.2, 0.25) is 0 Å². The smallest absolute Gasteiger partial charge is 0.113 e. The van der Waals surface area contributed by atoms with Gasteiger partial charge in [0, 0.05) is 9.75 Å². The third-order valence-electron chi connectivity index (χ3n) is 2.86. The molecule has 0 fully saturated rings. The van der Waals surface area contributed by atoms with Crippen LogP contribution in [-0.2, 0) is 6.42 Å². The quantitative estimate of drug-likeness (QED) is 0.861. The van der Waals surface area contributed by atoms with Crippen LogP contribution in [-0.4, -0.2) is 5.11 Å². The lowest BCUT2D eigenvalue weighted by Gasteiger charge is -2.09. The fraction of sp³-hybridized carbons (Fsp3) is 0.333. The highest BCUT2D eigenvalue weighted by molar-refractivity contribution is 7.12. The summed E-state index contributed by atoms with van der Waals surface area (Å²) in [7, 11) is 0. The summed E-state index contributed by atoms with van der Waals surface area (Å²) in [4.78, 5) is 2.26. The van der Waals surface area contributed by atoms with E-state index in [1.807, 2.05) is 18.2 Å². The summed E-state index contributed by atoms with van der Waals surface area (Å²) in [6.45, 7) is 4.24. The van der Waals surface area contributed by atoms with Gasteiger partial charge in [-0.05, 0) is 36.6 Å². The maximum atomic E-state index is 10.2. The van der Waals surface area contributed by atoms with Gasteiger partial charge < -0.3 is 5.11 Å². The lowest BCUT2D eigenvalue weighted by molar-refractivity contribution is 0.224. The van der Waals surface area contributed by atoms with Crippen molar-refractivity contribution in [2.24, 2.45) is 0 Å². The molecule has 0 aliphatic heterocycles. The SMILES string of the molecule is CCCc1ccc([C@H](O)c2ccc(C)s2)cc1. The average Bonchev–Trinajstić information content (AvgIpc) is 2.76. The minimum atomic E-state index is -0.482. The van der Waals surface area contributed by atoms with Crippen molar-refractivity contribution in [1.29, 1.82) is 0 Å². The van der Waals surface area contributed by atoms with Gasteiger partial charge in [-0.25, -0.2) is 0 Å². The maximum absolute atomic E-state index is 10.2. The molecule has 0 amide bonds. The van der Waals surface area contributed by atoms with Gasteiger partial charge >= 0.3 is 0 Å². The maximum Gasteiger partial charge on any atom is 0.113 e. The molecule has 17 heavy (non-hydrogen) atoms. The number of aliphatic hydroxyl groups is 1. The Morgan fingerprint density at radius 1 is 1.12 bits per heavy atom. The molecule has 1 atom stereocenters. The van der Waals surface area contributed by atoms with E-state index in [0.29, 0.717) is 0 Å². The zero-order valence-corrected chi connectivity index (χ0v) is 11.1. The van der Waals surface area contributed by atoms with E-state index in [1.54, 1.807) is 11.3 Å². The van der Waals surface area contributed by atoms with Gasteiger partial charge in [0.2, 0.25) is 0 Å². The van der Waals surface area contributed by atoms with E-state index in [4.69, 9.17) is 0 Å². The monoisotopic (exact) mass is 246 g/mol. The minimum absolute atomic E-state index is 0.482. The summed E-state index contributed by atoms with van der Waals surface area (Å²) >= 11 is 1.66. The number of benzene rings is 1. The molecule has 1 N–H and O–H groups in total. The predicted octanol–water partition coefficient (Wildman–Crippen LogP) is 4.09. The van der Waals surface area contributed by atoms with Crippen LogP contribution in [0.1, 0.15) is 40.3 Å². The largest absolute Gasteiger partial charge is 0.383 e. The van der Waals surface area contributed by atoms with E-state index in [2.05, 4.69) is 32.0 Å². The lowest BCUT2D eigenvalue weighted by atomic mass is 10.0.